The van der Waals surface area contributed by atoms with Crippen molar-refractivity contribution in [1.29, 1.82) is 0 Å². The van der Waals surface area contributed by atoms with Gasteiger partial charge < -0.3 is 10.2 Å². The van der Waals surface area contributed by atoms with Crippen molar-refractivity contribution < 1.29 is 14.0 Å². The summed E-state index contributed by atoms with van der Waals surface area (Å²) in [5, 5.41) is 2.74. The second kappa shape index (κ2) is 8.42. The number of likely N-dealkylation sites (N-methyl/N-ethyl adjacent to an activating group) is 1. The predicted molar refractivity (Wildman–Crippen MR) is 95.2 cm³/mol. The lowest BCUT2D eigenvalue weighted by Gasteiger charge is -2.28. The van der Waals surface area contributed by atoms with Crippen LogP contribution in [0.25, 0.3) is 0 Å². The van der Waals surface area contributed by atoms with Gasteiger partial charge >= 0.3 is 11.8 Å². The van der Waals surface area contributed by atoms with Crippen molar-refractivity contribution in [2.75, 3.05) is 6.54 Å². The Morgan fingerprint density at radius 3 is 2.16 bits per heavy atom. The summed E-state index contributed by atoms with van der Waals surface area (Å²) in [6, 6.07) is 14.8. The summed E-state index contributed by atoms with van der Waals surface area (Å²) in [5.41, 5.74) is 1.71. The fourth-order valence-electron chi connectivity index (χ4n) is 2.73. The molecule has 0 aromatic heterocycles. The van der Waals surface area contributed by atoms with Crippen LogP contribution in [-0.2, 0) is 9.59 Å². The molecule has 2 aromatic rings. The minimum atomic E-state index is -0.646. The molecule has 132 valence electrons. The summed E-state index contributed by atoms with van der Waals surface area (Å²) in [6.07, 6.45) is 0. The molecule has 0 aliphatic carbocycles. The van der Waals surface area contributed by atoms with Gasteiger partial charge in [-0.15, -0.1) is 0 Å². The molecule has 0 heterocycles. The maximum atomic E-state index is 13.1. The van der Waals surface area contributed by atoms with Crippen LogP contribution < -0.4 is 5.32 Å². The van der Waals surface area contributed by atoms with E-state index in [1.165, 1.54) is 17.0 Å². The monoisotopic (exact) mass is 342 g/mol. The Hall–Kier alpha value is -2.69. The van der Waals surface area contributed by atoms with Crippen LogP contribution in [0.4, 0.5) is 4.39 Å². The van der Waals surface area contributed by atoms with Gasteiger partial charge in [-0.2, -0.15) is 0 Å². The molecule has 4 nitrogen and oxygen atoms in total. The number of amides is 2. The number of carbonyl (C=O) groups excluding carboxylic acids is 2. The van der Waals surface area contributed by atoms with Crippen molar-refractivity contribution in [1.82, 2.24) is 10.2 Å². The topological polar surface area (TPSA) is 49.4 Å². The molecule has 2 rings (SSSR count). The maximum absolute atomic E-state index is 13.1. The van der Waals surface area contributed by atoms with Gasteiger partial charge in [0.1, 0.15) is 5.82 Å². The predicted octanol–water partition coefficient (Wildman–Crippen LogP) is 3.61. The zero-order valence-corrected chi connectivity index (χ0v) is 14.7. The zero-order chi connectivity index (χ0) is 18.4. The van der Waals surface area contributed by atoms with Crippen LogP contribution in [0.5, 0.6) is 0 Å². The van der Waals surface area contributed by atoms with Gasteiger partial charge in [-0.25, -0.2) is 4.39 Å². The van der Waals surface area contributed by atoms with Gasteiger partial charge in [0, 0.05) is 6.54 Å². The molecule has 0 radical (unpaired) electrons. The number of nitrogens with zero attached hydrogens (tertiary/aromatic N) is 1. The van der Waals surface area contributed by atoms with Gasteiger partial charge in [0.25, 0.3) is 0 Å². The minimum absolute atomic E-state index is 0.266. The van der Waals surface area contributed by atoms with Gasteiger partial charge in [-0.05, 0) is 44.0 Å². The van der Waals surface area contributed by atoms with Crippen molar-refractivity contribution in [3.8, 4) is 0 Å². The molecule has 0 aliphatic rings. The van der Waals surface area contributed by atoms with E-state index >= 15 is 0 Å². The smallest absolute Gasteiger partial charge is 0.312 e. The Morgan fingerprint density at radius 2 is 1.60 bits per heavy atom. The Labute approximate surface area is 147 Å². The molecule has 0 bridgehead atoms. The van der Waals surface area contributed by atoms with Crippen LogP contribution >= 0.6 is 0 Å². The first-order valence-electron chi connectivity index (χ1n) is 8.36. The van der Waals surface area contributed by atoms with Gasteiger partial charge in [0.15, 0.2) is 0 Å². The summed E-state index contributed by atoms with van der Waals surface area (Å²) in [4.78, 5) is 26.4. The van der Waals surface area contributed by atoms with Crippen molar-refractivity contribution in [2.24, 2.45) is 0 Å². The van der Waals surface area contributed by atoms with E-state index < -0.39 is 11.8 Å². The van der Waals surface area contributed by atoms with E-state index in [1.54, 1.807) is 12.1 Å². The standard InChI is InChI=1S/C20H23FN2O2/c1-4-23(15(3)17-10-12-18(21)13-11-17)20(25)19(24)22-14(2)16-8-6-5-7-9-16/h5-15H,4H2,1-3H3,(H,22,24). The largest absolute Gasteiger partial charge is 0.341 e. The number of rotatable bonds is 5. The molecule has 0 fully saturated rings. The van der Waals surface area contributed by atoms with Crippen LogP contribution in [-0.4, -0.2) is 23.3 Å². The highest BCUT2D eigenvalue weighted by atomic mass is 19.1. The van der Waals surface area contributed by atoms with Crippen LogP contribution in [0.2, 0.25) is 0 Å². The molecule has 0 aliphatic heterocycles. The number of benzene rings is 2. The van der Waals surface area contributed by atoms with Crippen molar-refractivity contribution in [3.63, 3.8) is 0 Å². The fourth-order valence-corrected chi connectivity index (χ4v) is 2.73. The van der Waals surface area contributed by atoms with E-state index in [4.69, 9.17) is 0 Å². The number of hydrogen-bond acceptors (Lipinski definition) is 2. The summed E-state index contributed by atoms with van der Waals surface area (Å²) in [6.45, 7) is 5.85. The van der Waals surface area contributed by atoms with E-state index in [2.05, 4.69) is 5.32 Å². The molecule has 2 aromatic carbocycles. The highest BCUT2D eigenvalue weighted by Crippen LogP contribution is 2.21. The summed E-state index contributed by atoms with van der Waals surface area (Å²) in [7, 11) is 0. The van der Waals surface area contributed by atoms with E-state index in [9.17, 15) is 14.0 Å². The summed E-state index contributed by atoms with van der Waals surface area (Å²) >= 11 is 0. The van der Waals surface area contributed by atoms with Gasteiger partial charge in [-0.1, -0.05) is 42.5 Å². The Balaban J connectivity index is 2.07. The Morgan fingerprint density at radius 1 is 1.00 bits per heavy atom. The third-order valence-electron chi connectivity index (χ3n) is 4.26. The molecular formula is C20H23FN2O2. The second-order valence-corrected chi connectivity index (χ2v) is 5.92. The van der Waals surface area contributed by atoms with Crippen LogP contribution in [0, 0.1) is 5.82 Å². The number of carbonyl (C=O) groups is 2. The molecule has 0 saturated carbocycles. The van der Waals surface area contributed by atoms with Crippen molar-refractivity contribution in [3.05, 3.63) is 71.5 Å². The molecule has 1 N–H and O–H groups in total. The van der Waals surface area contributed by atoms with Gasteiger partial charge in [-0.3, -0.25) is 9.59 Å². The average Bonchev–Trinajstić information content (AvgIpc) is 2.63. The van der Waals surface area contributed by atoms with E-state index in [1.807, 2.05) is 51.1 Å². The lowest BCUT2D eigenvalue weighted by molar-refractivity contribution is -0.147. The summed E-state index contributed by atoms with van der Waals surface area (Å²) in [5.74, 6) is -1.57. The van der Waals surface area contributed by atoms with Gasteiger partial charge in [0.2, 0.25) is 0 Å². The van der Waals surface area contributed by atoms with Gasteiger partial charge in [0.05, 0.1) is 12.1 Å². The number of nitrogens with one attached hydrogen (secondary N) is 1. The van der Waals surface area contributed by atoms with Crippen LogP contribution in [0.3, 0.4) is 0 Å². The van der Waals surface area contributed by atoms with Crippen molar-refractivity contribution >= 4 is 11.8 Å². The third kappa shape index (κ3) is 4.66. The molecule has 0 saturated heterocycles. The molecular weight excluding hydrogens is 319 g/mol. The minimum Gasteiger partial charge on any atom is -0.341 e. The second-order valence-electron chi connectivity index (χ2n) is 5.92. The average molecular weight is 342 g/mol. The lowest BCUT2D eigenvalue weighted by Crippen LogP contribution is -2.44. The molecule has 5 heteroatoms. The summed E-state index contributed by atoms with van der Waals surface area (Å²) < 4.78 is 13.1. The molecule has 2 unspecified atom stereocenters. The first-order valence-corrected chi connectivity index (χ1v) is 8.36. The molecule has 0 spiro atoms. The number of hydrogen-bond donors (Lipinski definition) is 1. The lowest BCUT2D eigenvalue weighted by atomic mass is 10.1. The Kier molecular flexibility index (Phi) is 6.28. The molecule has 2 amide bonds. The zero-order valence-electron chi connectivity index (χ0n) is 14.7. The van der Waals surface area contributed by atoms with E-state index in [0.717, 1.165) is 11.1 Å². The first-order chi connectivity index (χ1) is 11.9. The fraction of sp³-hybridized carbons (Fsp3) is 0.300. The normalized spacial score (nSPS) is 13.0. The van der Waals surface area contributed by atoms with Crippen molar-refractivity contribution in [2.45, 2.75) is 32.9 Å². The first kappa shape index (κ1) is 18.6. The Bertz CT molecular complexity index is 716. The van der Waals surface area contributed by atoms with Crippen LogP contribution in [0.15, 0.2) is 54.6 Å². The SMILES string of the molecule is CCN(C(=O)C(=O)NC(C)c1ccccc1)C(C)c1ccc(F)cc1. The highest BCUT2D eigenvalue weighted by molar-refractivity contribution is 6.35. The molecule has 2 atom stereocenters. The van der Waals surface area contributed by atoms with E-state index in [0.29, 0.717) is 6.54 Å². The third-order valence-corrected chi connectivity index (χ3v) is 4.26. The van der Waals surface area contributed by atoms with E-state index in [-0.39, 0.29) is 17.9 Å². The maximum Gasteiger partial charge on any atom is 0.312 e. The molecule has 25 heavy (non-hydrogen) atoms. The number of halogens is 1. The van der Waals surface area contributed by atoms with Crippen LogP contribution in [0.1, 0.15) is 44.0 Å². The quantitative estimate of drug-likeness (QED) is 0.844. The highest BCUT2D eigenvalue weighted by Gasteiger charge is 2.26.